The van der Waals surface area contributed by atoms with Crippen LogP contribution in [0.25, 0.3) is 0 Å². The molecule has 88 valence electrons. The van der Waals surface area contributed by atoms with Crippen molar-refractivity contribution in [2.45, 2.75) is 19.1 Å². The van der Waals surface area contributed by atoms with Crippen molar-refractivity contribution in [1.29, 1.82) is 0 Å². The molecule has 0 aromatic heterocycles. The van der Waals surface area contributed by atoms with Gasteiger partial charge in [0.05, 0.1) is 0 Å². The van der Waals surface area contributed by atoms with Gasteiger partial charge in [-0.05, 0) is 31.0 Å². The van der Waals surface area contributed by atoms with Gasteiger partial charge in [-0.3, -0.25) is 9.69 Å². The Kier molecular flexibility index (Phi) is 2.01. The minimum absolute atomic E-state index is 0.496. The first-order chi connectivity index (χ1) is 8.02. The van der Waals surface area contributed by atoms with Gasteiger partial charge in [0.1, 0.15) is 0 Å². The molecule has 0 aliphatic carbocycles. The lowest BCUT2D eigenvalue weighted by molar-refractivity contribution is -0.154. The molecule has 1 aromatic carbocycles. The summed E-state index contributed by atoms with van der Waals surface area (Å²) in [4.78, 5) is 24.5. The Morgan fingerprint density at radius 3 is 2.94 bits per heavy atom. The van der Waals surface area contributed by atoms with E-state index >= 15 is 0 Å². The van der Waals surface area contributed by atoms with E-state index in [1.54, 1.807) is 19.1 Å². The van der Waals surface area contributed by atoms with Crippen LogP contribution in [0.1, 0.15) is 18.1 Å². The van der Waals surface area contributed by atoms with Gasteiger partial charge in [-0.2, -0.15) is 0 Å². The average Bonchev–Trinajstić information content (AvgIpc) is 2.51. The van der Waals surface area contributed by atoms with Crippen LogP contribution in [0, 0.1) is 0 Å². The smallest absolute Gasteiger partial charge is 0.399 e. The molecule has 0 radical (unpaired) electrons. The van der Waals surface area contributed by atoms with Crippen LogP contribution in [0.4, 0.5) is 0 Å². The van der Waals surface area contributed by atoms with E-state index in [-0.39, 0.29) is 0 Å². The molecule has 0 spiro atoms. The van der Waals surface area contributed by atoms with Crippen LogP contribution >= 0.6 is 11.6 Å². The van der Waals surface area contributed by atoms with E-state index in [1.165, 1.54) is 4.90 Å². The predicted molar refractivity (Wildman–Crippen MR) is 60.3 cm³/mol. The minimum Gasteiger partial charge on any atom is -0.428 e. The number of halogens is 1. The molecule has 1 amide bonds. The summed E-state index contributed by atoms with van der Waals surface area (Å²) in [6.07, 6.45) is 0.713. The maximum Gasteiger partial charge on any atom is 0.399 e. The molecule has 3 rings (SSSR count). The van der Waals surface area contributed by atoms with Crippen LogP contribution in [-0.2, 0) is 26.5 Å². The number of rotatable bonds is 0. The van der Waals surface area contributed by atoms with Crippen molar-refractivity contribution < 1.29 is 14.3 Å². The molecule has 5 heteroatoms. The molecule has 1 atom stereocenters. The fourth-order valence-corrected chi connectivity index (χ4v) is 2.70. The Morgan fingerprint density at radius 2 is 2.18 bits per heavy atom. The maximum absolute atomic E-state index is 11.7. The van der Waals surface area contributed by atoms with Crippen molar-refractivity contribution in [3.8, 4) is 0 Å². The number of ether oxygens (including phenoxy) is 1. The number of amides is 1. The zero-order valence-electron chi connectivity index (χ0n) is 9.20. The predicted octanol–water partition coefficient (Wildman–Crippen LogP) is 1.45. The van der Waals surface area contributed by atoms with Gasteiger partial charge < -0.3 is 4.74 Å². The highest BCUT2D eigenvalue weighted by molar-refractivity contribution is 6.34. The van der Waals surface area contributed by atoms with E-state index in [0.29, 0.717) is 18.0 Å². The molecule has 0 N–H and O–H groups in total. The molecule has 2 aliphatic heterocycles. The van der Waals surface area contributed by atoms with Gasteiger partial charge in [0.2, 0.25) is 5.72 Å². The number of esters is 1. The third kappa shape index (κ3) is 1.30. The third-order valence-electron chi connectivity index (χ3n) is 3.40. The fraction of sp³-hybridized carbons (Fsp3) is 0.333. The fourth-order valence-electron chi connectivity index (χ4n) is 2.53. The number of carbonyl (C=O) groups is 2. The molecule has 1 fully saturated rings. The van der Waals surface area contributed by atoms with E-state index in [2.05, 4.69) is 0 Å². The van der Waals surface area contributed by atoms with Crippen LogP contribution in [-0.4, -0.2) is 23.3 Å². The summed E-state index contributed by atoms with van der Waals surface area (Å²) < 4.78 is 5.23. The standard InChI is InChI=1S/C12H10ClNO3/c1-12-9-6-8(13)3-2-7(9)4-5-14(12)10(15)11(16)17-12/h2-3,6H,4-5H2,1H3. The molecule has 1 saturated heterocycles. The summed E-state index contributed by atoms with van der Waals surface area (Å²) in [5.74, 6) is -1.36. The molecule has 17 heavy (non-hydrogen) atoms. The number of fused-ring (bicyclic) bond motifs is 3. The second kappa shape index (κ2) is 3.23. The Morgan fingerprint density at radius 1 is 1.41 bits per heavy atom. The van der Waals surface area contributed by atoms with Crippen LogP contribution < -0.4 is 0 Å². The van der Waals surface area contributed by atoms with Crippen molar-refractivity contribution in [2.75, 3.05) is 6.54 Å². The van der Waals surface area contributed by atoms with Gasteiger partial charge in [-0.1, -0.05) is 17.7 Å². The molecule has 4 nitrogen and oxygen atoms in total. The van der Waals surface area contributed by atoms with Crippen molar-refractivity contribution in [1.82, 2.24) is 4.90 Å². The molecule has 1 unspecified atom stereocenters. The lowest BCUT2D eigenvalue weighted by Gasteiger charge is -2.38. The first kappa shape index (κ1) is 10.6. The number of benzene rings is 1. The van der Waals surface area contributed by atoms with Gasteiger partial charge in [0, 0.05) is 17.1 Å². The van der Waals surface area contributed by atoms with Gasteiger partial charge in [-0.25, -0.2) is 4.79 Å². The van der Waals surface area contributed by atoms with Crippen LogP contribution in [0.2, 0.25) is 5.02 Å². The van der Waals surface area contributed by atoms with Crippen molar-refractivity contribution in [2.24, 2.45) is 0 Å². The molecule has 0 bridgehead atoms. The summed E-state index contributed by atoms with van der Waals surface area (Å²) in [5.41, 5.74) is 0.873. The van der Waals surface area contributed by atoms with Gasteiger partial charge in [0.15, 0.2) is 0 Å². The monoisotopic (exact) mass is 251 g/mol. The van der Waals surface area contributed by atoms with Gasteiger partial charge in [-0.15, -0.1) is 0 Å². The molecule has 1 aromatic rings. The lowest BCUT2D eigenvalue weighted by Crippen LogP contribution is -2.46. The third-order valence-corrected chi connectivity index (χ3v) is 3.64. The summed E-state index contributed by atoms with van der Waals surface area (Å²) in [7, 11) is 0. The van der Waals surface area contributed by atoms with Gasteiger partial charge >= 0.3 is 11.9 Å². The zero-order chi connectivity index (χ0) is 12.2. The maximum atomic E-state index is 11.7. The SMILES string of the molecule is CC12OC(=O)C(=O)N1CCc1ccc(Cl)cc12. The van der Waals surface area contributed by atoms with Crippen molar-refractivity contribution in [3.05, 3.63) is 34.3 Å². The second-order valence-corrected chi connectivity index (χ2v) is 4.82. The highest BCUT2D eigenvalue weighted by atomic mass is 35.5. The molecular weight excluding hydrogens is 242 g/mol. The molecule has 2 aliphatic rings. The molecule has 0 saturated carbocycles. The largest absolute Gasteiger partial charge is 0.428 e. The number of nitrogens with zero attached hydrogens (tertiary/aromatic N) is 1. The highest BCUT2D eigenvalue weighted by Gasteiger charge is 2.53. The Balaban J connectivity index is 2.19. The number of carbonyl (C=O) groups excluding carboxylic acids is 2. The average molecular weight is 252 g/mol. The molecule has 2 heterocycles. The van der Waals surface area contributed by atoms with E-state index in [9.17, 15) is 9.59 Å². The topological polar surface area (TPSA) is 46.6 Å². The van der Waals surface area contributed by atoms with E-state index in [1.807, 2.05) is 6.07 Å². The highest BCUT2D eigenvalue weighted by Crippen LogP contribution is 2.41. The Hall–Kier alpha value is -1.55. The zero-order valence-corrected chi connectivity index (χ0v) is 9.95. The van der Waals surface area contributed by atoms with Crippen LogP contribution in [0.15, 0.2) is 18.2 Å². The van der Waals surface area contributed by atoms with Crippen molar-refractivity contribution >= 4 is 23.5 Å². The first-order valence-corrected chi connectivity index (χ1v) is 5.74. The number of hydrogen-bond acceptors (Lipinski definition) is 3. The van der Waals surface area contributed by atoms with Crippen molar-refractivity contribution in [3.63, 3.8) is 0 Å². The quantitative estimate of drug-likeness (QED) is 0.518. The summed E-state index contributed by atoms with van der Waals surface area (Å²) >= 11 is 5.96. The van der Waals surface area contributed by atoms with Crippen LogP contribution in [0.5, 0.6) is 0 Å². The normalized spacial score (nSPS) is 26.6. The Bertz CT molecular complexity index is 543. The van der Waals surface area contributed by atoms with Crippen LogP contribution in [0.3, 0.4) is 0 Å². The minimum atomic E-state index is -0.993. The van der Waals surface area contributed by atoms with E-state index < -0.39 is 17.6 Å². The lowest BCUT2D eigenvalue weighted by atomic mass is 9.91. The summed E-state index contributed by atoms with van der Waals surface area (Å²) in [6, 6.07) is 5.48. The summed E-state index contributed by atoms with van der Waals surface area (Å²) in [5, 5.41) is 0.572. The number of hydrogen-bond donors (Lipinski definition) is 0. The molecular formula is C12H10ClNO3. The van der Waals surface area contributed by atoms with E-state index in [4.69, 9.17) is 16.3 Å². The summed E-state index contributed by atoms with van der Waals surface area (Å²) in [6.45, 7) is 2.22. The van der Waals surface area contributed by atoms with Gasteiger partial charge in [0.25, 0.3) is 0 Å². The van der Waals surface area contributed by atoms with E-state index in [0.717, 1.165) is 11.1 Å². The first-order valence-electron chi connectivity index (χ1n) is 5.36. The Labute approximate surface area is 103 Å². The second-order valence-electron chi connectivity index (χ2n) is 4.38.